The summed E-state index contributed by atoms with van der Waals surface area (Å²) < 4.78 is 0. The maximum absolute atomic E-state index is 12.0. The van der Waals surface area contributed by atoms with Gasteiger partial charge >= 0.3 is 0 Å². The average molecular weight is 261 g/mol. The minimum Gasteiger partial charge on any atom is -0.354 e. The molecule has 1 aliphatic rings. The smallest absolute Gasteiger partial charge is 0.163 e. The van der Waals surface area contributed by atoms with Crippen LogP contribution in [0.25, 0.3) is 22.2 Å². The summed E-state index contributed by atoms with van der Waals surface area (Å²) in [5, 5.41) is 1.12. The Bertz CT molecular complexity index is 824. The Balaban J connectivity index is 2.03. The number of Topliss-reactive ketones (excluding diaryl/α,β-unsaturated/α-hetero) is 1. The summed E-state index contributed by atoms with van der Waals surface area (Å²) in [5.74, 6) is 0.262. The van der Waals surface area contributed by atoms with Crippen molar-refractivity contribution in [3.05, 3.63) is 59.2 Å². The maximum Gasteiger partial charge on any atom is 0.163 e. The van der Waals surface area contributed by atoms with E-state index in [2.05, 4.69) is 42.2 Å². The molecule has 0 saturated carbocycles. The molecule has 0 spiro atoms. The van der Waals surface area contributed by atoms with Gasteiger partial charge in [0.2, 0.25) is 0 Å². The number of aryl methyl sites for hydroxylation is 2. The van der Waals surface area contributed by atoms with Crippen molar-refractivity contribution in [3.63, 3.8) is 0 Å². The Morgan fingerprint density at radius 1 is 1.00 bits per heavy atom. The number of carbonyl (C=O) groups is 1. The normalized spacial score (nSPS) is 13.9. The van der Waals surface area contributed by atoms with Crippen LogP contribution in [0.3, 0.4) is 0 Å². The monoisotopic (exact) mass is 261 g/mol. The fraction of sp³-hybridized carbons (Fsp3) is 0.167. The quantitative estimate of drug-likeness (QED) is 0.697. The Morgan fingerprint density at radius 2 is 1.80 bits per heavy atom. The lowest BCUT2D eigenvalue weighted by Gasteiger charge is -2.12. The number of H-pyrrole nitrogens is 1. The van der Waals surface area contributed by atoms with Gasteiger partial charge in [0.05, 0.1) is 0 Å². The van der Waals surface area contributed by atoms with Crippen molar-refractivity contribution in [2.45, 2.75) is 19.8 Å². The molecule has 0 bridgehead atoms. The van der Waals surface area contributed by atoms with Crippen LogP contribution in [0, 0.1) is 6.92 Å². The second-order valence-corrected chi connectivity index (χ2v) is 5.50. The lowest BCUT2D eigenvalue weighted by Crippen LogP contribution is -2.07. The molecule has 0 atom stereocenters. The molecule has 1 N–H and O–H groups in total. The summed E-state index contributed by atoms with van der Waals surface area (Å²) in [4.78, 5) is 15.5. The van der Waals surface area contributed by atoms with Crippen LogP contribution in [0.2, 0.25) is 0 Å². The predicted octanol–water partition coefficient (Wildman–Crippen LogP) is 4.27. The molecule has 2 heteroatoms. The van der Waals surface area contributed by atoms with Crippen molar-refractivity contribution in [2.24, 2.45) is 0 Å². The van der Waals surface area contributed by atoms with Gasteiger partial charge in [0.25, 0.3) is 0 Å². The molecule has 0 saturated heterocycles. The first kappa shape index (κ1) is 11.5. The van der Waals surface area contributed by atoms with Gasteiger partial charge in [-0.05, 0) is 30.5 Å². The Hall–Kier alpha value is -2.35. The molecule has 0 amide bonds. The van der Waals surface area contributed by atoms with Crippen LogP contribution in [0.1, 0.15) is 27.9 Å². The number of hydrogen-bond acceptors (Lipinski definition) is 1. The van der Waals surface area contributed by atoms with E-state index in [9.17, 15) is 4.79 Å². The molecule has 0 fully saturated rings. The molecule has 3 aromatic rings. The lowest BCUT2D eigenvalue weighted by molar-refractivity contribution is 0.0982. The van der Waals surface area contributed by atoms with Gasteiger partial charge in [-0.1, -0.05) is 42.0 Å². The Labute approximate surface area is 117 Å². The van der Waals surface area contributed by atoms with Gasteiger partial charge in [0, 0.05) is 28.6 Å². The zero-order valence-corrected chi connectivity index (χ0v) is 11.4. The molecule has 0 radical (unpaired) electrons. The van der Waals surface area contributed by atoms with Gasteiger partial charge in [-0.15, -0.1) is 0 Å². The molecule has 2 nitrogen and oxygen atoms in total. The van der Waals surface area contributed by atoms with Crippen LogP contribution in [0.4, 0.5) is 0 Å². The minimum absolute atomic E-state index is 0.262. The summed E-state index contributed by atoms with van der Waals surface area (Å²) in [6, 6.07) is 14.5. The fourth-order valence-electron chi connectivity index (χ4n) is 3.14. The first-order valence-electron chi connectivity index (χ1n) is 6.98. The summed E-state index contributed by atoms with van der Waals surface area (Å²) in [6.07, 6.45) is 1.45. The van der Waals surface area contributed by atoms with E-state index in [1.807, 2.05) is 12.1 Å². The SMILES string of the molecule is Cc1ccc(-c2[nH]c3cccc4c3c2CCC4=O)cc1. The van der Waals surface area contributed by atoms with Crippen molar-refractivity contribution in [1.82, 2.24) is 4.98 Å². The first-order chi connectivity index (χ1) is 9.74. The number of rotatable bonds is 1. The number of nitrogens with one attached hydrogen (secondary N) is 1. The standard InChI is InChI=1S/C18H15NO/c1-11-5-7-12(8-6-11)18-14-9-10-16(20)13-3-2-4-15(19-18)17(13)14/h2-8,19H,9-10H2,1H3. The molecule has 0 aliphatic heterocycles. The Morgan fingerprint density at radius 3 is 2.60 bits per heavy atom. The van der Waals surface area contributed by atoms with E-state index in [4.69, 9.17) is 0 Å². The number of aromatic amines is 1. The topological polar surface area (TPSA) is 32.9 Å². The second kappa shape index (κ2) is 4.07. The molecule has 1 aliphatic carbocycles. The highest BCUT2D eigenvalue weighted by atomic mass is 16.1. The van der Waals surface area contributed by atoms with Crippen LogP contribution in [0.5, 0.6) is 0 Å². The highest BCUT2D eigenvalue weighted by Crippen LogP contribution is 2.36. The molecule has 1 heterocycles. The van der Waals surface area contributed by atoms with Crippen LogP contribution < -0.4 is 0 Å². The van der Waals surface area contributed by atoms with E-state index in [1.165, 1.54) is 22.4 Å². The molecule has 4 rings (SSSR count). The van der Waals surface area contributed by atoms with E-state index in [0.717, 1.165) is 22.9 Å². The van der Waals surface area contributed by atoms with Crippen molar-refractivity contribution >= 4 is 16.7 Å². The van der Waals surface area contributed by atoms with Gasteiger partial charge in [0.1, 0.15) is 0 Å². The molecule has 0 unspecified atom stereocenters. The van der Waals surface area contributed by atoms with Crippen molar-refractivity contribution in [3.8, 4) is 11.3 Å². The summed E-state index contributed by atoms with van der Waals surface area (Å²) >= 11 is 0. The van der Waals surface area contributed by atoms with E-state index >= 15 is 0 Å². The second-order valence-electron chi connectivity index (χ2n) is 5.50. The molecule has 20 heavy (non-hydrogen) atoms. The molecule has 98 valence electrons. The predicted molar refractivity (Wildman–Crippen MR) is 81.1 cm³/mol. The lowest BCUT2D eigenvalue weighted by atomic mass is 9.89. The Kier molecular flexibility index (Phi) is 2.34. The van der Waals surface area contributed by atoms with E-state index < -0.39 is 0 Å². The van der Waals surface area contributed by atoms with Gasteiger partial charge in [-0.3, -0.25) is 4.79 Å². The van der Waals surface area contributed by atoms with E-state index in [1.54, 1.807) is 0 Å². The maximum atomic E-state index is 12.0. The summed E-state index contributed by atoms with van der Waals surface area (Å²) in [5.41, 5.74) is 6.86. The third-order valence-electron chi connectivity index (χ3n) is 4.17. The number of ketones is 1. The molecular formula is C18H15NO. The van der Waals surface area contributed by atoms with E-state index in [0.29, 0.717) is 6.42 Å². The highest BCUT2D eigenvalue weighted by Gasteiger charge is 2.23. The zero-order chi connectivity index (χ0) is 13.7. The first-order valence-corrected chi connectivity index (χ1v) is 6.98. The average Bonchev–Trinajstić information content (AvgIpc) is 2.84. The fourth-order valence-corrected chi connectivity index (χ4v) is 3.14. The van der Waals surface area contributed by atoms with E-state index in [-0.39, 0.29) is 5.78 Å². The summed E-state index contributed by atoms with van der Waals surface area (Å²) in [7, 11) is 0. The largest absolute Gasteiger partial charge is 0.354 e. The minimum atomic E-state index is 0.262. The number of benzene rings is 2. The summed E-state index contributed by atoms with van der Waals surface area (Å²) in [6.45, 7) is 2.09. The van der Waals surface area contributed by atoms with Crippen molar-refractivity contribution in [1.29, 1.82) is 0 Å². The van der Waals surface area contributed by atoms with Crippen LogP contribution in [-0.4, -0.2) is 10.8 Å². The number of carbonyl (C=O) groups excluding carboxylic acids is 1. The molecule has 2 aromatic carbocycles. The zero-order valence-electron chi connectivity index (χ0n) is 11.4. The third kappa shape index (κ3) is 1.54. The molecule has 1 aromatic heterocycles. The van der Waals surface area contributed by atoms with Gasteiger partial charge in [0.15, 0.2) is 5.78 Å². The number of aromatic nitrogens is 1. The third-order valence-corrected chi connectivity index (χ3v) is 4.17. The highest BCUT2D eigenvalue weighted by molar-refractivity contribution is 6.12. The van der Waals surface area contributed by atoms with Gasteiger partial charge < -0.3 is 4.98 Å². The number of hydrogen-bond donors (Lipinski definition) is 1. The van der Waals surface area contributed by atoms with Crippen LogP contribution in [-0.2, 0) is 6.42 Å². The van der Waals surface area contributed by atoms with Crippen molar-refractivity contribution in [2.75, 3.05) is 0 Å². The van der Waals surface area contributed by atoms with Gasteiger partial charge in [-0.2, -0.15) is 0 Å². The van der Waals surface area contributed by atoms with Crippen LogP contribution in [0.15, 0.2) is 42.5 Å². The van der Waals surface area contributed by atoms with Crippen LogP contribution >= 0.6 is 0 Å². The van der Waals surface area contributed by atoms with Gasteiger partial charge in [-0.25, -0.2) is 0 Å². The molecular weight excluding hydrogens is 246 g/mol. The van der Waals surface area contributed by atoms with Crippen molar-refractivity contribution < 1.29 is 4.79 Å².